The zero-order valence-corrected chi connectivity index (χ0v) is 16.7. The van der Waals surface area contributed by atoms with Gasteiger partial charge in [0, 0.05) is 29.9 Å². The summed E-state index contributed by atoms with van der Waals surface area (Å²) in [6, 6.07) is 12.4. The van der Waals surface area contributed by atoms with E-state index in [0.29, 0.717) is 26.1 Å². The summed E-state index contributed by atoms with van der Waals surface area (Å²) in [5.74, 6) is 0.0986. The molecule has 2 aromatic heterocycles. The van der Waals surface area contributed by atoms with Crippen LogP contribution in [0.4, 0.5) is 0 Å². The Morgan fingerprint density at radius 1 is 1.29 bits per heavy atom. The van der Waals surface area contributed by atoms with E-state index >= 15 is 0 Å². The Hall–Kier alpha value is -2.57. The molecule has 0 radical (unpaired) electrons. The molecule has 1 unspecified atom stereocenters. The summed E-state index contributed by atoms with van der Waals surface area (Å²) < 4.78 is 5.92. The third-order valence-corrected chi connectivity index (χ3v) is 5.91. The Morgan fingerprint density at radius 3 is 2.89 bits per heavy atom. The molecule has 1 aliphatic rings. The standard InChI is InChI=1S/C22H23N3O2S/c1-2-16-5-7-17(8-6-16)20-14-25(10-11-27-20)21(26)12-19-15-28-22(24-19)18-4-3-9-23-13-18/h3-9,13,15,20H,2,10-12,14H2,1H3. The van der Waals surface area contributed by atoms with E-state index in [1.807, 2.05) is 22.4 Å². The molecule has 4 rings (SSSR count). The van der Waals surface area contributed by atoms with Crippen molar-refractivity contribution >= 4 is 17.2 Å². The zero-order chi connectivity index (χ0) is 19.3. The first-order valence-electron chi connectivity index (χ1n) is 9.56. The largest absolute Gasteiger partial charge is 0.370 e. The minimum Gasteiger partial charge on any atom is -0.370 e. The second-order valence-electron chi connectivity index (χ2n) is 6.86. The van der Waals surface area contributed by atoms with Gasteiger partial charge in [-0.25, -0.2) is 4.98 Å². The molecule has 1 aliphatic heterocycles. The van der Waals surface area contributed by atoms with E-state index < -0.39 is 0 Å². The fourth-order valence-corrected chi connectivity index (χ4v) is 4.13. The summed E-state index contributed by atoms with van der Waals surface area (Å²) in [6.45, 7) is 3.92. The van der Waals surface area contributed by atoms with E-state index in [1.165, 1.54) is 5.56 Å². The van der Waals surface area contributed by atoms with Crippen LogP contribution in [-0.2, 0) is 22.4 Å². The number of thiazole rings is 1. The Bertz CT molecular complexity index is 924. The van der Waals surface area contributed by atoms with Gasteiger partial charge in [-0.05, 0) is 29.7 Å². The Labute approximate surface area is 169 Å². The average molecular weight is 394 g/mol. The fourth-order valence-electron chi connectivity index (χ4n) is 3.32. The number of amides is 1. The molecule has 0 N–H and O–H groups in total. The molecule has 0 aliphatic carbocycles. The van der Waals surface area contributed by atoms with E-state index in [1.54, 1.807) is 23.7 Å². The minimum atomic E-state index is -0.0648. The van der Waals surface area contributed by atoms with Gasteiger partial charge in [0.1, 0.15) is 11.1 Å². The lowest BCUT2D eigenvalue weighted by Gasteiger charge is -2.33. The molecular formula is C22H23N3O2S. The van der Waals surface area contributed by atoms with E-state index in [0.717, 1.165) is 28.2 Å². The first-order chi connectivity index (χ1) is 13.7. The summed E-state index contributed by atoms with van der Waals surface area (Å²) in [4.78, 5) is 23.4. The van der Waals surface area contributed by atoms with E-state index in [2.05, 4.69) is 41.2 Å². The van der Waals surface area contributed by atoms with Crippen molar-refractivity contribution in [2.24, 2.45) is 0 Å². The molecule has 1 saturated heterocycles. The maximum atomic E-state index is 12.8. The number of hydrogen-bond donors (Lipinski definition) is 0. The summed E-state index contributed by atoms with van der Waals surface area (Å²) in [6.07, 6.45) is 4.81. The molecule has 3 aromatic rings. The SMILES string of the molecule is CCc1ccc(C2CN(C(=O)Cc3csc(-c4cccnc4)n3)CCO2)cc1. The van der Waals surface area contributed by atoms with Crippen LogP contribution in [-0.4, -0.2) is 40.5 Å². The van der Waals surface area contributed by atoms with Gasteiger partial charge in [0.15, 0.2) is 0 Å². The summed E-state index contributed by atoms with van der Waals surface area (Å²) >= 11 is 1.55. The van der Waals surface area contributed by atoms with E-state index in [9.17, 15) is 4.79 Å². The van der Waals surface area contributed by atoms with Crippen LogP contribution in [0.1, 0.15) is 29.8 Å². The van der Waals surface area contributed by atoms with Gasteiger partial charge in [0.2, 0.25) is 5.91 Å². The monoisotopic (exact) mass is 393 g/mol. The summed E-state index contributed by atoms with van der Waals surface area (Å²) in [5, 5.41) is 2.86. The highest BCUT2D eigenvalue weighted by Crippen LogP contribution is 2.25. The molecule has 0 spiro atoms. The Kier molecular flexibility index (Phi) is 5.78. The maximum absolute atomic E-state index is 12.8. The minimum absolute atomic E-state index is 0.0648. The zero-order valence-electron chi connectivity index (χ0n) is 15.9. The Balaban J connectivity index is 1.40. The molecule has 1 aromatic carbocycles. The maximum Gasteiger partial charge on any atom is 0.228 e. The molecule has 1 atom stereocenters. The van der Waals surface area contributed by atoms with E-state index in [-0.39, 0.29) is 12.0 Å². The van der Waals surface area contributed by atoms with Crippen LogP contribution in [0.25, 0.3) is 10.6 Å². The van der Waals surface area contributed by atoms with Gasteiger partial charge in [0.05, 0.1) is 25.3 Å². The average Bonchev–Trinajstić information content (AvgIpc) is 3.23. The van der Waals surface area contributed by atoms with Crippen LogP contribution in [0.2, 0.25) is 0 Å². The normalized spacial score (nSPS) is 16.9. The van der Waals surface area contributed by atoms with Crippen LogP contribution >= 0.6 is 11.3 Å². The second-order valence-corrected chi connectivity index (χ2v) is 7.71. The lowest BCUT2D eigenvalue weighted by atomic mass is 10.0. The van der Waals surface area contributed by atoms with Crippen LogP contribution in [0.3, 0.4) is 0 Å². The predicted molar refractivity (Wildman–Crippen MR) is 110 cm³/mol. The highest BCUT2D eigenvalue weighted by Gasteiger charge is 2.26. The number of ether oxygens (including phenoxy) is 1. The van der Waals surface area contributed by atoms with Crippen molar-refractivity contribution in [3.05, 3.63) is 71.0 Å². The number of carbonyl (C=O) groups is 1. The van der Waals surface area contributed by atoms with Crippen LogP contribution < -0.4 is 0 Å². The molecule has 6 heteroatoms. The lowest BCUT2D eigenvalue weighted by molar-refractivity contribution is -0.138. The number of pyridine rings is 1. The van der Waals surface area contributed by atoms with Crippen molar-refractivity contribution < 1.29 is 9.53 Å². The lowest BCUT2D eigenvalue weighted by Crippen LogP contribution is -2.43. The van der Waals surface area contributed by atoms with Gasteiger partial charge in [-0.3, -0.25) is 9.78 Å². The van der Waals surface area contributed by atoms with Crippen molar-refractivity contribution in [2.75, 3.05) is 19.7 Å². The number of rotatable bonds is 5. The highest BCUT2D eigenvalue weighted by molar-refractivity contribution is 7.13. The topological polar surface area (TPSA) is 55.3 Å². The second kappa shape index (κ2) is 8.63. The first-order valence-corrected chi connectivity index (χ1v) is 10.4. The number of carbonyl (C=O) groups excluding carboxylic acids is 1. The van der Waals surface area contributed by atoms with Gasteiger partial charge < -0.3 is 9.64 Å². The van der Waals surface area contributed by atoms with Crippen molar-refractivity contribution in [3.8, 4) is 10.6 Å². The van der Waals surface area contributed by atoms with Gasteiger partial charge in [-0.2, -0.15) is 0 Å². The van der Waals surface area contributed by atoms with Crippen molar-refractivity contribution in [2.45, 2.75) is 25.9 Å². The quantitative estimate of drug-likeness (QED) is 0.659. The van der Waals surface area contributed by atoms with Gasteiger partial charge in [-0.1, -0.05) is 31.2 Å². The predicted octanol–water partition coefficient (Wildman–Crippen LogP) is 3.91. The molecule has 1 amide bonds. The molecular weight excluding hydrogens is 370 g/mol. The first kappa shape index (κ1) is 18.8. The molecule has 0 saturated carbocycles. The third-order valence-electron chi connectivity index (χ3n) is 4.97. The van der Waals surface area contributed by atoms with E-state index in [4.69, 9.17) is 4.74 Å². The van der Waals surface area contributed by atoms with Gasteiger partial charge in [-0.15, -0.1) is 11.3 Å². The number of benzene rings is 1. The van der Waals surface area contributed by atoms with Crippen LogP contribution in [0, 0.1) is 0 Å². The summed E-state index contributed by atoms with van der Waals surface area (Å²) in [5.41, 5.74) is 4.22. The smallest absolute Gasteiger partial charge is 0.228 e. The number of morpholine rings is 1. The van der Waals surface area contributed by atoms with Crippen LogP contribution in [0.15, 0.2) is 54.2 Å². The number of aryl methyl sites for hydroxylation is 1. The molecule has 144 valence electrons. The van der Waals surface area contributed by atoms with Gasteiger partial charge >= 0.3 is 0 Å². The fraction of sp³-hybridized carbons (Fsp3) is 0.318. The Morgan fingerprint density at radius 2 is 2.14 bits per heavy atom. The third kappa shape index (κ3) is 4.29. The van der Waals surface area contributed by atoms with Gasteiger partial charge in [0.25, 0.3) is 0 Å². The van der Waals surface area contributed by atoms with Crippen molar-refractivity contribution in [1.29, 1.82) is 0 Å². The highest BCUT2D eigenvalue weighted by atomic mass is 32.1. The number of hydrogen-bond acceptors (Lipinski definition) is 5. The summed E-state index contributed by atoms with van der Waals surface area (Å²) in [7, 11) is 0. The van der Waals surface area contributed by atoms with Crippen molar-refractivity contribution in [3.63, 3.8) is 0 Å². The van der Waals surface area contributed by atoms with Crippen LogP contribution in [0.5, 0.6) is 0 Å². The molecule has 1 fully saturated rings. The molecule has 3 heterocycles. The number of nitrogens with zero attached hydrogens (tertiary/aromatic N) is 3. The molecule has 0 bridgehead atoms. The number of aromatic nitrogens is 2. The molecule has 28 heavy (non-hydrogen) atoms. The van der Waals surface area contributed by atoms with Crippen molar-refractivity contribution in [1.82, 2.24) is 14.9 Å². The molecule has 5 nitrogen and oxygen atoms in total.